The van der Waals surface area contributed by atoms with Gasteiger partial charge in [0.25, 0.3) is 5.91 Å². The minimum Gasteiger partial charge on any atom is -0.383 e. The number of rotatable bonds is 7. The molecule has 1 N–H and O–H groups in total. The molecule has 28 heavy (non-hydrogen) atoms. The van der Waals surface area contributed by atoms with Crippen molar-refractivity contribution in [1.82, 2.24) is 10.2 Å². The lowest BCUT2D eigenvalue weighted by Gasteiger charge is -2.42. The minimum absolute atomic E-state index is 0.0170. The highest BCUT2D eigenvalue weighted by Gasteiger charge is 2.56. The molecule has 148 valence electrons. The van der Waals surface area contributed by atoms with Crippen molar-refractivity contribution in [1.29, 1.82) is 0 Å². The van der Waals surface area contributed by atoms with Gasteiger partial charge < -0.3 is 10.1 Å². The molecule has 4 rings (SSSR count). The third kappa shape index (κ3) is 3.36. The fourth-order valence-electron chi connectivity index (χ4n) is 5.32. The van der Waals surface area contributed by atoms with Gasteiger partial charge >= 0.3 is 0 Å². The average Bonchev–Trinajstić information content (AvgIpc) is 3.26. The molecule has 1 amide bonds. The Labute approximate surface area is 167 Å². The van der Waals surface area contributed by atoms with Crippen molar-refractivity contribution >= 4 is 5.91 Å². The van der Waals surface area contributed by atoms with E-state index >= 15 is 0 Å². The zero-order valence-electron chi connectivity index (χ0n) is 16.9. The summed E-state index contributed by atoms with van der Waals surface area (Å²) in [6.07, 6.45) is 4.64. The van der Waals surface area contributed by atoms with Gasteiger partial charge in [-0.2, -0.15) is 0 Å². The van der Waals surface area contributed by atoms with Gasteiger partial charge in [0.2, 0.25) is 0 Å². The normalized spacial score (nSPS) is 25.0. The van der Waals surface area contributed by atoms with E-state index < -0.39 is 0 Å². The van der Waals surface area contributed by atoms with E-state index in [1.165, 1.54) is 18.4 Å². The van der Waals surface area contributed by atoms with Gasteiger partial charge in [-0.3, -0.25) is 9.69 Å². The molecule has 2 aromatic rings. The fourth-order valence-corrected chi connectivity index (χ4v) is 5.32. The molecular weight excluding hydrogens is 348 g/mol. The van der Waals surface area contributed by atoms with Crippen LogP contribution in [0.3, 0.4) is 0 Å². The number of nitrogens with one attached hydrogen (secondary N) is 1. The number of ether oxygens (including phenoxy) is 1. The molecule has 0 saturated carbocycles. The van der Waals surface area contributed by atoms with E-state index in [1.807, 2.05) is 37.3 Å². The molecule has 2 saturated heterocycles. The Hall–Kier alpha value is -2.17. The van der Waals surface area contributed by atoms with E-state index in [0.29, 0.717) is 6.04 Å². The summed E-state index contributed by atoms with van der Waals surface area (Å²) in [6, 6.07) is 18.9. The maximum atomic E-state index is 13.2. The molecule has 0 aromatic heterocycles. The Bertz CT molecular complexity index is 812. The standard InChI is InChI=1S/C24H30N2O2/c1-18-8-6-7-11-21(18)23(27)25-22(19-9-4-3-5-10-19)24-14-12-20(13-15-24)26(24)16-17-28-2/h3-11,20,22H,12-17H2,1-2H3,(H,25,27)/t20?,22-,24?/m1/s1. The van der Waals surface area contributed by atoms with Gasteiger partial charge in [-0.15, -0.1) is 0 Å². The van der Waals surface area contributed by atoms with Gasteiger partial charge in [-0.05, 0) is 49.8 Å². The van der Waals surface area contributed by atoms with Crippen LogP contribution in [0.1, 0.15) is 53.2 Å². The Morgan fingerprint density at radius 1 is 1.14 bits per heavy atom. The van der Waals surface area contributed by atoms with Crippen molar-refractivity contribution in [3.8, 4) is 0 Å². The Morgan fingerprint density at radius 2 is 1.82 bits per heavy atom. The maximum Gasteiger partial charge on any atom is 0.252 e. The molecule has 0 unspecified atom stereocenters. The summed E-state index contributed by atoms with van der Waals surface area (Å²) >= 11 is 0. The second-order valence-electron chi connectivity index (χ2n) is 8.15. The van der Waals surface area contributed by atoms with Gasteiger partial charge in [0, 0.05) is 30.8 Å². The van der Waals surface area contributed by atoms with Crippen molar-refractivity contribution in [3.05, 3.63) is 71.3 Å². The number of aryl methyl sites for hydroxylation is 1. The number of nitrogens with zero attached hydrogens (tertiary/aromatic N) is 1. The topological polar surface area (TPSA) is 41.6 Å². The summed E-state index contributed by atoms with van der Waals surface area (Å²) in [5, 5.41) is 3.44. The summed E-state index contributed by atoms with van der Waals surface area (Å²) in [4.78, 5) is 15.9. The first-order chi connectivity index (χ1) is 13.7. The molecule has 2 aliphatic heterocycles. The van der Waals surface area contributed by atoms with Gasteiger partial charge in [0.05, 0.1) is 12.6 Å². The van der Waals surface area contributed by atoms with Crippen molar-refractivity contribution < 1.29 is 9.53 Å². The van der Waals surface area contributed by atoms with E-state index in [1.54, 1.807) is 7.11 Å². The molecule has 2 fully saturated rings. The Morgan fingerprint density at radius 3 is 2.50 bits per heavy atom. The SMILES string of the molecule is COCCN1C2CCC1([C@H](NC(=O)c1ccccc1C)c1ccccc1)CC2. The Kier molecular flexibility index (Phi) is 5.51. The second kappa shape index (κ2) is 8.06. The molecule has 0 spiro atoms. The van der Waals surface area contributed by atoms with Crippen LogP contribution in [0.2, 0.25) is 0 Å². The predicted octanol–water partition coefficient (Wildman–Crippen LogP) is 4.11. The third-order valence-corrected chi connectivity index (χ3v) is 6.71. The van der Waals surface area contributed by atoms with Crippen LogP contribution in [-0.4, -0.2) is 42.6 Å². The lowest BCUT2D eigenvalue weighted by atomic mass is 9.78. The summed E-state index contributed by atoms with van der Waals surface area (Å²) < 4.78 is 5.40. The zero-order chi connectivity index (χ0) is 19.6. The molecule has 0 radical (unpaired) electrons. The first kappa shape index (κ1) is 19.2. The number of hydrogen-bond acceptors (Lipinski definition) is 3. The largest absolute Gasteiger partial charge is 0.383 e. The van der Waals surface area contributed by atoms with Crippen LogP contribution in [0, 0.1) is 6.92 Å². The number of carbonyl (C=O) groups is 1. The summed E-state index contributed by atoms with van der Waals surface area (Å²) in [7, 11) is 1.76. The van der Waals surface area contributed by atoms with E-state index in [-0.39, 0.29) is 17.5 Å². The highest BCUT2D eigenvalue weighted by molar-refractivity contribution is 5.96. The lowest BCUT2D eigenvalue weighted by Crippen LogP contribution is -2.53. The molecule has 2 aromatic carbocycles. The van der Waals surface area contributed by atoms with Crippen LogP contribution in [0.5, 0.6) is 0 Å². The van der Waals surface area contributed by atoms with Crippen LogP contribution < -0.4 is 5.32 Å². The van der Waals surface area contributed by atoms with Crippen LogP contribution >= 0.6 is 0 Å². The molecule has 0 aliphatic carbocycles. The highest BCUT2D eigenvalue weighted by atomic mass is 16.5. The van der Waals surface area contributed by atoms with Crippen molar-refractivity contribution in [2.45, 2.75) is 50.2 Å². The van der Waals surface area contributed by atoms with Gasteiger partial charge in [-0.1, -0.05) is 48.5 Å². The second-order valence-corrected chi connectivity index (χ2v) is 8.15. The smallest absolute Gasteiger partial charge is 0.252 e. The van der Waals surface area contributed by atoms with E-state index in [4.69, 9.17) is 4.74 Å². The van der Waals surface area contributed by atoms with Crippen LogP contribution in [0.15, 0.2) is 54.6 Å². The number of amides is 1. The zero-order valence-corrected chi connectivity index (χ0v) is 16.9. The predicted molar refractivity (Wildman–Crippen MR) is 111 cm³/mol. The molecule has 2 bridgehead atoms. The molecular formula is C24H30N2O2. The highest BCUT2D eigenvalue weighted by Crippen LogP contribution is 2.52. The quantitative estimate of drug-likeness (QED) is 0.788. The van der Waals surface area contributed by atoms with Crippen LogP contribution in [0.25, 0.3) is 0 Å². The number of methoxy groups -OCH3 is 1. The van der Waals surface area contributed by atoms with Crippen LogP contribution in [0.4, 0.5) is 0 Å². The third-order valence-electron chi connectivity index (χ3n) is 6.71. The summed E-state index contributed by atoms with van der Waals surface area (Å²) in [5.74, 6) is 0.0170. The van der Waals surface area contributed by atoms with E-state index in [0.717, 1.165) is 37.1 Å². The van der Waals surface area contributed by atoms with E-state index in [2.05, 4.69) is 34.5 Å². The fraction of sp³-hybridized carbons (Fsp3) is 0.458. The van der Waals surface area contributed by atoms with Crippen molar-refractivity contribution in [3.63, 3.8) is 0 Å². The number of benzene rings is 2. The van der Waals surface area contributed by atoms with Gasteiger partial charge in [-0.25, -0.2) is 0 Å². The first-order valence-corrected chi connectivity index (χ1v) is 10.3. The molecule has 4 heteroatoms. The van der Waals surface area contributed by atoms with Gasteiger partial charge in [0.1, 0.15) is 0 Å². The first-order valence-electron chi connectivity index (χ1n) is 10.3. The number of carbonyl (C=O) groups excluding carboxylic acids is 1. The molecule has 4 nitrogen and oxygen atoms in total. The van der Waals surface area contributed by atoms with E-state index in [9.17, 15) is 4.79 Å². The summed E-state index contributed by atoms with van der Waals surface area (Å²) in [6.45, 7) is 3.65. The maximum absolute atomic E-state index is 13.2. The van der Waals surface area contributed by atoms with Crippen LogP contribution in [-0.2, 0) is 4.74 Å². The number of hydrogen-bond donors (Lipinski definition) is 1. The molecule has 1 atom stereocenters. The molecule has 2 heterocycles. The minimum atomic E-state index is -0.0249. The van der Waals surface area contributed by atoms with Crippen molar-refractivity contribution in [2.75, 3.05) is 20.3 Å². The summed E-state index contributed by atoms with van der Waals surface area (Å²) in [5.41, 5.74) is 2.93. The lowest BCUT2D eigenvalue weighted by molar-refractivity contribution is 0.0638. The van der Waals surface area contributed by atoms with Gasteiger partial charge in [0.15, 0.2) is 0 Å². The number of fused-ring (bicyclic) bond motifs is 2. The molecule has 2 aliphatic rings. The Balaban J connectivity index is 1.69. The van der Waals surface area contributed by atoms with Crippen molar-refractivity contribution in [2.24, 2.45) is 0 Å². The average molecular weight is 379 g/mol. The monoisotopic (exact) mass is 378 g/mol.